The van der Waals surface area contributed by atoms with Gasteiger partial charge >= 0.3 is 6.03 Å². The highest BCUT2D eigenvalue weighted by atomic mass is 16.5. The second kappa shape index (κ2) is 6.87. The number of carbonyl (C=O) groups excluding carboxylic acids is 1. The lowest BCUT2D eigenvalue weighted by molar-refractivity contribution is 0.163. The van der Waals surface area contributed by atoms with E-state index in [-0.39, 0.29) is 12.1 Å². The predicted molar refractivity (Wildman–Crippen MR) is 46.9 cm³/mol. The van der Waals surface area contributed by atoms with Crippen LogP contribution in [0.25, 0.3) is 0 Å². The van der Waals surface area contributed by atoms with Crippen molar-refractivity contribution < 1.29 is 9.53 Å². The molecule has 0 aromatic carbocycles. The molecular formula is C7H17N3O2. The summed E-state index contributed by atoms with van der Waals surface area (Å²) in [5.41, 5.74) is 5.35. The Morgan fingerprint density at radius 3 is 2.75 bits per heavy atom. The van der Waals surface area contributed by atoms with Gasteiger partial charge in [-0.15, -0.1) is 0 Å². The van der Waals surface area contributed by atoms with Crippen LogP contribution in [0.1, 0.15) is 6.42 Å². The van der Waals surface area contributed by atoms with Crippen LogP contribution in [0.2, 0.25) is 0 Å². The zero-order valence-electron chi connectivity index (χ0n) is 7.59. The summed E-state index contributed by atoms with van der Waals surface area (Å²) in [5, 5.41) is 5.18. The molecular weight excluding hydrogens is 158 g/mol. The Morgan fingerprint density at radius 2 is 2.33 bits per heavy atom. The number of nitrogens with two attached hydrogens (primary N) is 1. The predicted octanol–water partition coefficient (Wildman–Crippen LogP) is -0.721. The van der Waals surface area contributed by atoms with E-state index in [4.69, 9.17) is 10.5 Å². The first-order valence-electron chi connectivity index (χ1n) is 3.91. The highest BCUT2D eigenvalue weighted by Crippen LogP contribution is 1.90. The quantitative estimate of drug-likeness (QED) is 0.516. The van der Waals surface area contributed by atoms with E-state index >= 15 is 0 Å². The molecule has 1 atom stereocenters. The van der Waals surface area contributed by atoms with Crippen LogP contribution in [0.4, 0.5) is 4.79 Å². The van der Waals surface area contributed by atoms with Gasteiger partial charge in [-0.25, -0.2) is 4.79 Å². The lowest BCUT2D eigenvalue weighted by Crippen LogP contribution is -2.43. The fourth-order valence-electron chi connectivity index (χ4n) is 0.857. The molecule has 0 aromatic rings. The van der Waals surface area contributed by atoms with Gasteiger partial charge in [0.1, 0.15) is 0 Å². The summed E-state index contributed by atoms with van der Waals surface area (Å²) in [5.74, 6) is 0. The van der Waals surface area contributed by atoms with Gasteiger partial charge in [0.25, 0.3) is 0 Å². The Balaban J connectivity index is 3.68. The first-order valence-corrected chi connectivity index (χ1v) is 3.91. The second-order valence-corrected chi connectivity index (χ2v) is 2.45. The number of nitrogens with one attached hydrogen (secondary N) is 2. The number of urea groups is 1. The van der Waals surface area contributed by atoms with Crippen molar-refractivity contribution in [3.05, 3.63) is 0 Å². The number of hydrogen-bond donors (Lipinski definition) is 3. The molecule has 0 bridgehead atoms. The van der Waals surface area contributed by atoms with Crippen molar-refractivity contribution in [2.24, 2.45) is 5.73 Å². The second-order valence-electron chi connectivity index (χ2n) is 2.45. The van der Waals surface area contributed by atoms with Gasteiger partial charge in [-0.2, -0.15) is 0 Å². The molecule has 72 valence electrons. The number of methoxy groups -OCH3 is 1. The van der Waals surface area contributed by atoms with E-state index in [9.17, 15) is 4.79 Å². The van der Waals surface area contributed by atoms with Gasteiger partial charge in [0.15, 0.2) is 0 Å². The smallest absolute Gasteiger partial charge is 0.314 e. The van der Waals surface area contributed by atoms with Crippen molar-refractivity contribution in [3.63, 3.8) is 0 Å². The summed E-state index contributed by atoms with van der Waals surface area (Å²) in [7, 11) is 3.16. The van der Waals surface area contributed by atoms with Crippen LogP contribution in [-0.4, -0.2) is 39.4 Å². The van der Waals surface area contributed by atoms with E-state index in [2.05, 4.69) is 10.6 Å². The molecule has 12 heavy (non-hydrogen) atoms. The summed E-state index contributed by atoms with van der Waals surface area (Å²) in [6, 6.07) is -0.203. The van der Waals surface area contributed by atoms with Gasteiger partial charge in [-0.05, 0) is 13.0 Å². The molecule has 1 unspecified atom stereocenters. The standard InChI is InChI=1S/C7H17N3O2/c1-9-7(11)10-6(3-4-8)5-12-2/h6H,3-5,8H2,1-2H3,(H2,9,10,11). The van der Waals surface area contributed by atoms with Crippen LogP contribution in [0.5, 0.6) is 0 Å². The third-order valence-electron chi connectivity index (χ3n) is 1.45. The Kier molecular flexibility index (Phi) is 6.41. The fourth-order valence-corrected chi connectivity index (χ4v) is 0.857. The molecule has 0 aliphatic rings. The Bertz CT molecular complexity index is 124. The van der Waals surface area contributed by atoms with E-state index in [1.165, 1.54) is 0 Å². The monoisotopic (exact) mass is 175 g/mol. The van der Waals surface area contributed by atoms with Crippen LogP contribution >= 0.6 is 0 Å². The number of carbonyl (C=O) groups is 1. The van der Waals surface area contributed by atoms with E-state index in [0.717, 1.165) is 6.42 Å². The summed E-state index contributed by atoms with van der Waals surface area (Å²) < 4.78 is 4.90. The molecule has 0 spiro atoms. The SMILES string of the molecule is CNC(=O)NC(CCN)COC. The third-order valence-corrected chi connectivity index (χ3v) is 1.45. The molecule has 2 amide bonds. The summed E-state index contributed by atoms with van der Waals surface area (Å²) in [4.78, 5) is 10.9. The maximum absolute atomic E-state index is 10.9. The van der Waals surface area contributed by atoms with E-state index < -0.39 is 0 Å². The van der Waals surface area contributed by atoms with Crippen LogP contribution < -0.4 is 16.4 Å². The number of amides is 2. The Labute approximate surface area is 72.6 Å². The first kappa shape index (κ1) is 11.2. The van der Waals surface area contributed by atoms with Gasteiger partial charge in [-0.3, -0.25) is 0 Å². The molecule has 0 aromatic heterocycles. The van der Waals surface area contributed by atoms with Crippen molar-refractivity contribution in [2.75, 3.05) is 27.3 Å². The Hall–Kier alpha value is -0.810. The molecule has 5 heteroatoms. The largest absolute Gasteiger partial charge is 0.383 e. The maximum Gasteiger partial charge on any atom is 0.314 e. The lowest BCUT2D eigenvalue weighted by Gasteiger charge is -2.16. The van der Waals surface area contributed by atoms with Gasteiger partial charge < -0.3 is 21.1 Å². The van der Waals surface area contributed by atoms with E-state index in [1.807, 2.05) is 0 Å². The fraction of sp³-hybridized carbons (Fsp3) is 0.857. The maximum atomic E-state index is 10.9. The number of hydrogen-bond acceptors (Lipinski definition) is 3. The average molecular weight is 175 g/mol. The number of rotatable bonds is 5. The molecule has 0 saturated carbocycles. The molecule has 0 rings (SSSR count). The van der Waals surface area contributed by atoms with Crippen LogP contribution in [-0.2, 0) is 4.74 Å². The lowest BCUT2D eigenvalue weighted by atomic mass is 10.2. The van der Waals surface area contributed by atoms with Crippen molar-refractivity contribution in [3.8, 4) is 0 Å². The van der Waals surface area contributed by atoms with Crippen molar-refractivity contribution in [1.82, 2.24) is 10.6 Å². The minimum absolute atomic E-state index is 0.0000463. The summed E-state index contributed by atoms with van der Waals surface area (Å²) in [6.07, 6.45) is 0.723. The average Bonchev–Trinajstić information content (AvgIpc) is 2.05. The van der Waals surface area contributed by atoms with E-state index in [0.29, 0.717) is 13.2 Å². The van der Waals surface area contributed by atoms with Crippen molar-refractivity contribution in [1.29, 1.82) is 0 Å². The minimum atomic E-state index is -0.203. The molecule has 0 aliphatic heterocycles. The van der Waals surface area contributed by atoms with Crippen LogP contribution in [0, 0.1) is 0 Å². The molecule has 0 heterocycles. The van der Waals surface area contributed by atoms with Crippen molar-refractivity contribution in [2.45, 2.75) is 12.5 Å². The third kappa shape index (κ3) is 4.92. The van der Waals surface area contributed by atoms with E-state index in [1.54, 1.807) is 14.2 Å². The highest BCUT2D eigenvalue weighted by molar-refractivity contribution is 5.73. The molecule has 4 N–H and O–H groups in total. The normalized spacial score (nSPS) is 12.2. The topological polar surface area (TPSA) is 76.4 Å². The van der Waals surface area contributed by atoms with Crippen LogP contribution in [0.15, 0.2) is 0 Å². The van der Waals surface area contributed by atoms with Gasteiger partial charge in [0.05, 0.1) is 12.6 Å². The Morgan fingerprint density at radius 1 is 1.67 bits per heavy atom. The molecule has 0 saturated heterocycles. The van der Waals surface area contributed by atoms with Gasteiger partial charge in [-0.1, -0.05) is 0 Å². The zero-order valence-corrected chi connectivity index (χ0v) is 7.59. The first-order chi connectivity index (χ1) is 5.74. The minimum Gasteiger partial charge on any atom is -0.383 e. The van der Waals surface area contributed by atoms with Gasteiger partial charge in [0, 0.05) is 14.2 Å². The molecule has 0 aliphatic carbocycles. The summed E-state index contributed by atoms with van der Waals surface area (Å²) >= 11 is 0. The highest BCUT2D eigenvalue weighted by Gasteiger charge is 2.08. The molecule has 5 nitrogen and oxygen atoms in total. The molecule has 0 fully saturated rings. The zero-order chi connectivity index (χ0) is 9.40. The van der Waals surface area contributed by atoms with Crippen LogP contribution in [0.3, 0.4) is 0 Å². The molecule has 0 radical (unpaired) electrons. The number of ether oxygens (including phenoxy) is 1. The van der Waals surface area contributed by atoms with Gasteiger partial charge in [0.2, 0.25) is 0 Å². The van der Waals surface area contributed by atoms with Crippen molar-refractivity contribution >= 4 is 6.03 Å². The summed E-state index contributed by atoms with van der Waals surface area (Å²) in [6.45, 7) is 1.03.